The van der Waals surface area contributed by atoms with Crippen molar-refractivity contribution in [3.8, 4) is 0 Å². The lowest BCUT2D eigenvalue weighted by Gasteiger charge is -2.55. The van der Waals surface area contributed by atoms with E-state index in [1.807, 2.05) is 68.4 Å². The van der Waals surface area contributed by atoms with E-state index in [1.54, 1.807) is 67.8 Å². The fourth-order valence-electron chi connectivity index (χ4n) is 12.5. The number of benzene rings is 5. The number of rotatable bonds is 34. The predicted octanol–water partition coefficient (Wildman–Crippen LogP) is 7.48. The van der Waals surface area contributed by atoms with Crippen LogP contribution in [0.5, 0.6) is 0 Å². The Morgan fingerprint density at radius 1 is 0.349 bits per heavy atom. The Labute approximate surface area is 639 Å². The Hall–Kier alpha value is -9.60. The summed E-state index contributed by atoms with van der Waals surface area (Å²) in [7, 11) is 11.6. The van der Waals surface area contributed by atoms with Crippen molar-refractivity contribution in [1.29, 1.82) is 0 Å². The molecule has 10 N–H and O–H groups in total. The molecular weight excluding hydrogens is 1410 g/mol. The van der Waals surface area contributed by atoms with Gasteiger partial charge in [-0.25, -0.2) is 0 Å². The molecule has 10 amide bonds. The lowest BCUT2D eigenvalue weighted by molar-refractivity contribution is -0.147. The second-order valence-corrected chi connectivity index (χ2v) is 25.9. The van der Waals surface area contributed by atoms with E-state index in [2.05, 4.69) is 53.2 Å². The van der Waals surface area contributed by atoms with Gasteiger partial charge in [-0.05, 0) is 161 Å². The van der Waals surface area contributed by atoms with Crippen molar-refractivity contribution >= 4 is 59.1 Å². The quantitative estimate of drug-likeness (QED) is 0.0141. The molecule has 5 aliphatic rings. The Balaban J connectivity index is 0.000000283. The van der Waals surface area contributed by atoms with E-state index in [9.17, 15) is 47.9 Å². The van der Waals surface area contributed by atoms with E-state index in [1.165, 1.54) is 101 Å². The lowest BCUT2D eigenvalue weighted by atomic mass is 9.49. The van der Waals surface area contributed by atoms with Crippen LogP contribution in [0, 0.1) is 29.1 Å². The highest BCUT2D eigenvalue weighted by atomic mass is 16.5. The maximum atomic E-state index is 12.6. The molecular formula is C79H112N10O20. The van der Waals surface area contributed by atoms with E-state index < -0.39 is 23.6 Å². The summed E-state index contributed by atoms with van der Waals surface area (Å²) in [5, 5.41) is 25.9. The maximum absolute atomic E-state index is 12.6. The first-order valence-corrected chi connectivity index (χ1v) is 36.1. The molecule has 0 saturated heterocycles. The van der Waals surface area contributed by atoms with Crippen molar-refractivity contribution in [2.24, 2.45) is 29.1 Å². The van der Waals surface area contributed by atoms with Crippen molar-refractivity contribution in [2.75, 3.05) is 131 Å². The summed E-state index contributed by atoms with van der Waals surface area (Å²) in [6.45, 7) is 5.77. The Morgan fingerprint density at radius 3 is 0.908 bits per heavy atom. The highest BCUT2D eigenvalue weighted by molar-refractivity contribution is 6.14. The van der Waals surface area contributed by atoms with Gasteiger partial charge in [-0.2, -0.15) is 0 Å². The second kappa shape index (κ2) is 53.3. The first-order valence-electron chi connectivity index (χ1n) is 36.1. The molecule has 109 heavy (non-hydrogen) atoms. The molecule has 5 saturated carbocycles. The first kappa shape index (κ1) is 91.8. The van der Waals surface area contributed by atoms with E-state index in [0.29, 0.717) is 47.2 Å². The third-order valence-electron chi connectivity index (χ3n) is 17.8. The van der Waals surface area contributed by atoms with Gasteiger partial charge in [0.25, 0.3) is 53.2 Å². The number of methoxy groups -OCH3 is 8. The molecule has 5 fully saturated rings. The molecule has 5 aromatic carbocycles. The number of hydrogen-bond acceptors (Lipinski definition) is 20. The van der Waals surface area contributed by atoms with Gasteiger partial charge in [0.05, 0.1) is 40.4 Å². The van der Waals surface area contributed by atoms with Gasteiger partial charge in [0.1, 0.15) is 67.3 Å². The average Bonchev–Trinajstić information content (AvgIpc) is 0.744. The van der Waals surface area contributed by atoms with Gasteiger partial charge in [-0.1, -0.05) is 80.8 Å². The van der Waals surface area contributed by atoms with Crippen LogP contribution in [-0.2, 0) is 52.2 Å². The summed E-state index contributed by atoms with van der Waals surface area (Å²) < 4.78 is 49.2. The Morgan fingerprint density at radius 2 is 0.615 bits per heavy atom. The van der Waals surface area contributed by atoms with Crippen LogP contribution in [0.4, 0.5) is 0 Å². The maximum Gasteiger partial charge on any atom is 0.253 e. The van der Waals surface area contributed by atoms with Gasteiger partial charge < -0.3 is 101 Å². The number of amides is 10. The third kappa shape index (κ3) is 33.8. The first-order chi connectivity index (χ1) is 52.7. The van der Waals surface area contributed by atoms with Crippen LogP contribution in [0.15, 0.2) is 127 Å². The minimum Gasteiger partial charge on any atom is -0.364 e. The van der Waals surface area contributed by atoms with Gasteiger partial charge in [-0.15, -0.1) is 0 Å². The summed E-state index contributed by atoms with van der Waals surface area (Å²) in [6, 6.07) is 36.0. The lowest BCUT2D eigenvalue weighted by Crippen LogP contribution is -2.53. The summed E-state index contributed by atoms with van der Waals surface area (Å²) >= 11 is 0. The molecule has 30 heteroatoms. The van der Waals surface area contributed by atoms with E-state index in [4.69, 9.17) is 47.4 Å². The predicted molar refractivity (Wildman–Crippen MR) is 406 cm³/mol. The van der Waals surface area contributed by atoms with Crippen LogP contribution >= 0.6 is 0 Å². The number of hydrogen-bond donors (Lipinski definition) is 10. The second-order valence-electron chi connectivity index (χ2n) is 25.9. The fraction of sp³-hybridized carbons (Fsp3) is 0.494. The summed E-state index contributed by atoms with van der Waals surface area (Å²) in [6.07, 6.45) is 15.2. The number of carbonyl (C=O) groups excluding carboxylic acids is 10. The zero-order chi connectivity index (χ0) is 79.6. The van der Waals surface area contributed by atoms with Gasteiger partial charge in [-0.3, -0.25) is 47.9 Å². The molecule has 0 spiro atoms. The van der Waals surface area contributed by atoms with Crippen LogP contribution in [0.2, 0.25) is 0 Å². The molecule has 0 radical (unpaired) electrons. The Kier molecular flexibility index (Phi) is 44.8. The van der Waals surface area contributed by atoms with Gasteiger partial charge >= 0.3 is 0 Å². The Bertz CT molecular complexity index is 3340. The molecule has 1 atom stereocenters. The molecule has 4 bridgehead atoms. The van der Waals surface area contributed by atoms with E-state index in [0.717, 1.165) is 62.2 Å². The zero-order valence-electron chi connectivity index (χ0n) is 64.4. The van der Waals surface area contributed by atoms with E-state index in [-0.39, 0.29) is 123 Å². The number of ether oxygens (including phenoxy) is 10. The van der Waals surface area contributed by atoms with Crippen molar-refractivity contribution in [3.05, 3.63) is 177 Å². The molecule has 10 rings (SSSR count). The molecule has 0 aromatic heterocycles. The van der Waals surface area contributed by atoms with Crippen molar-refractivity contribution in [2.45, 2.75) is 97.0 Å². The SMILES string of the molecule is CCC(C)OCNC(=O)c1ccccc1.COCNC(=O)C12CC3CC(CC(C3)C1)C2.COCNC(=O)c1cc(C(=O)NCOC)c(C(=O)NCOC)cc1C(=O)NCOC.COCNC(=O)c1ccc(C(=O)NCOC)cc1.COCNC(=O)c1ccccc1.O=C(NCOCC1CCCCC1)c1ccccc1. The molecule has 598 valence electrons. The normalized spacial score (nSPS) is 16.4. The molecule has 5 aliphatic carbocycles. The molecule has 5 aromatic rings. The summed E-state index contributed by atoms with van der Waals surface area (Å²) in [5.41, 5.74) is 2.37. The largest absolute Gasteiger partial charge is 0.364 e. The highest BCUT2D eigenvalue weighted by Gasteiger charge is 2.54. The van der Waals surface area contributed by atoms with E-state index >= 15 is 0 Å². The van der Waals surface area contributed by atoms with Gasteiger partial charge in [0.2, 0.25) is 5.91 Å². The van der Waals surface area contributed by atoms with Crippen LogP contribution in [0.25, 0.3) is 0 Å². The number of nitrogens with one attached hydrogen (secondary N) is 10. The minimum atomic E-state index is -0.677. The number of carbonyl (C=O) groups is 10. The van der Waals surface area contributed by atoms with Crippen molar-refractivity contribution in [3.63, 3.8) is 0 Å². The molecule has 0 heterocycles. The van der Waals surface area contributed by atoms with Crippen LogP contribution in [0.1, 0.15) is 184 Å². The van der Waals surface area contributed by atoms with Crippen LogP contribution < -0.4 is 53.2 Å². The fourth-order valence-corrected chi connectivity index (χ4v) is 12.5. The highest BCUT2D eigenvalue weighted by Crippen LogP contribution is 2.60. The standard InChI is InChI=1S/C18H26N4O8.C15H21NO2.C13H21NO2.C12H16N2O4.C12H17NO2.C9H11NO2/c1-27-7-19-15(23)11-5-13(17(25)21-9-29-3)14(18(26)22-10-30-4)6-12(11)16(24)20-8-28-2;17-15(14-9-5-2-6-10-14)16-12-18-11-13-7-3-1-4-8-13;1-16-8-14-12(15)13-5-9-2-10(6-13)4-11(3-9)7-13;1-17-7-13-11(15)9-3-5-10(6-4-9)12(16)14-8-18-2;1-3-10(2)15-9-13-12(14)11-7-5-4-6-8-11;1-12-7-10-9(11)8-5-3-2-4-6-8/h5-6H,7-10H2,1-4H3,(H,19,23)(H,20,24)(H,21,25)(H,22,26);2,5-6,9-10,13H,1,3-4,7-8,11-12H2,(H,16,17);9-11H,2-8H2,1H3,(H,14,15);3-6H,7-8H2,1-2H3,(H,13,15)(H,14,16);4-8,10H,3,9H2,1-2H3,(H,13,14);2-6H,7H2,1H3,(H,10,11). The average molecular weight is 1520 g/mol. The van der Waals surface area contributed by atoms with Crippen LogP contribution in [0.3, 0.4) is 0 Å². The molecule has 30 nitrogen and oxygen atoms in total. The monoisotopic (exact) mass is 1520 g/mol. The van der Waals surface area contributed by atoms with Crippen molar-refractivity contribution < 1.29 is 95.3 Å². The smallest absolute Gasteiger partial charge is 0.253 e. The summed E-state index contributed by atoms with van der Waals surface area (Å²) in [4.78, 5) is 120. The molecule has 1 unspecified atom stereocenters. The van der Waals surface area contributed by atoms with Crippen LogP contribution in [-0.4, -0.2) is 196 Å². The topological polar surface area (TPSA) is 383 Å². The van der Waals surface area contributed by atoms with Crippen molar-refractivity contribution in [1.82, 2.24) is 53.2 Å². The zero-order valence-corrected chi connectivity index (χ0v) is 64.4. The summed E-state index contributed by atoms with van der Waals surface area (Å²) in [5.74, 6) is -0.0438. The third-order valence-corrected chi connectivity index (χ3v) is 17.8. The molecule has 0 aliphatic heterocycles. The minimum absolute atomic E-state index is 0.0206. The van der Waals surface area contributed by atoms with Gasteiger partial charge in [0, 0.05) is 84.7 Å². The van der Waals surface area contributed by atoms with Gasteiger partial charge in [0.15, 0.2) is 0 Å².